The number of sulfonamides is 1. The second-order valence-corrected chi connectivity index (χ2v) is 8.50. The van der Waals surface area contributed by atoms with Crippen molar-refractivity contribution in [2.75, 3.05) is 5.32 Å². The molecule has 0 unspecified atom stereocenters. The van der Waals surface area contributed by atoms with Gasteiger partial charge in [0, 0.05) is 18.2 Å². The van der Waals surface area contributed by atoms with Crippen LogP contribution < -0.4 is 10.0 Å². The third kappa shape index (κ3) is 5.68. The molecule has 0 aliphatic rings. The number of nitrogens with one attached hydrogen (secondary N) is 2. The van der Waals surface area contributed by atoms with Gasteiger partial charge < -0.3 is 5.32 Å². The normalized spacial score (nSPS) is 11.6. The molecule has 2 aromatic carbocycles. The Morgan fingerprint density at radius 2 is 1.69 bits per heavy atom. The maximum absolute atomic E-state index is 12.2. The number of hydrogen-bond acceptors (Lipinski definition) is 3. The predicted molar refractivity (Wildman–Crippen MR) is 105 cm³/mol. The zero-order valence-corrected chi connectivity index (χ0v) is 16.5. The van der Waals surface area contributed by atoms with Gasteiger partial charge in [0.2, 0.25) is 15.9 Å². The first-order valence-electron chi connectivity index (χ1n) is 8.66. The molecule has 6 heteroatoms. The molecule has 2 rings (SSSR count). The summed E-state index contributed by atoms with van der Waals surface area (Å²) >= 11 is 0. The monoisotopic (exact) mass is 374 g/mol. The number of benzene rings is 2. The number of rotatable bonds is 7. The summed E-state index contributed by atoms with van der Waals surface area (Å²) in [5.41, 5.74) is 3.87. The summed E-state index contributed by atoms with van der Waals surface area (Å²) in [5.74, 6) is -0.0585. The van der Waals surface area contributed by atoms with E-state index in [0.717, 1.165) is 22.4 Å². The minimum absolute atomic E-state index is 0.0585. The molecular weight excluding hydrogens is 348 g/mol. The quantitative estimate of drug-likeness (QED) is 0.778. The molecule has 0 atom stereocenters. The van der Waals surface area contributed by atoms with Gasteiger partial charge in [0.05, 0.1) is 4.90 Å². The van der Waals surface area contributed by atoms with Crippen LogP contribution in [0.3, 0.4) is 0 Å². The van der Waals surface area contributed by atoms with Crippen LogP contribution in [0.15, 0.2) is 47.4 Å². The van der Waals surface area contributed by atoms with Gasteiger partial charge in [-0.1, -0.05) is 24.3 Å². The highest BCUT2D eigenvalue weighted by Gasteiger charge is 2.15. The Kier molecular flexibility index (Phi) is 6.56. The Hall–Kier alpha value is -2.18. The Balaban J connectivity index is 1.95. The lowest BCUT2D eigenvalue weighted by molar-refractivity contribution is -0.116. The maximum Gasteiger partial charge on any atom is 0.240 e. The number of anilines is 1. The van der Waals surface area contributed by atoms with Crippen molar-refractivity contribution >= 4 is 21.6 Å². The Morgan fingerprint density at radius 1 is 1.04 bits per heavy atom. The van der Waals surface area contributed by atoms with Crippen molar-refractivity contribution in [1.29, 1.82) is 0 Å². The Bertz CT molecular complexity index is 872. The van der Waals surface area contributed by atoms with E-state index in [4.69, 9.17) is 0 Å². The Labute approximate surface area is 155 Å². The van der Waals surface area contributed by atoms with Crippen LogP contribution in [-0.2, 0) is 21.2 Å². The van der Waals surface area contributed by atoms with E-state index in [1.54, 1.807) is 38.1 Å². The smallest absolute Gasteiger partial charge is 0.240 e. The van der Waals surface area contributed by atoms with Gasteiger partial charge in [-0.25, -0.2) is 13.1 Å². The fraction of sp³-hybridized carbons (Fsp3) is 0.350. The van der Waals surface area contributed by atoms with Crippen molar-refractivity contribution in [2.24, 2.45) is 0 Å². The van der Waals surface area contributed by atoms with E-state index in [-0.39, 0.29) is 16.8 Å². The summed E-state index contributed by atoms with van der Waals surface area (Å²) < 4.78 is 26.8. The molecule has 0 saturated heterocycles. The molecule has 0 radical (unpaired) electrons. The summed E-state index contributed by atoms with van der Waals surface area (Å²) in [4.78, 5) is 12.4. The average Bonchev–Trinajstić information content (AvgIpc) is 2.55. The molecular formula is C20H26N2O3S. The van der Waals surface area contributed by atoms with Gasteiger partial charge in [0.1, 0.15) is 0 Å². The second kappa shape index (κ2) is 8.47. The molecule has 2 N–H and O–H groups in total. The Morgan fingerprint density at radius 3 is 2.31 bits per heavy atom. The molecule has 0 saturated carbocycles. The van der Waals surface area contributed by atoms with E-state index in [1.165, 1.54) is 0 Å². The number of amides is 1. The van der Waals surface area contributed by atoms with E-state index in [0.29, 0.717) is 12.8 Å². The predicted octanol–water partition coefficient (Wildman–Crippen LogP) is 3.56. The molecule has 0 aliphatic heterocycles. The third-order valence-electron chi connectivity index (χ3n) is 3.93. The lowest BCUT2D eigenvalue weighted by atomic mass is 10.1. The van der Waals surface area contributed by atoms with E-state index in [2.05, 4.69) is 10.0 Å². The molecule has 1 amide bonds. The first-order chi connectivity index (χ1) is 12.2. The molecule has 140 valence electrons. The van der Waals surface area contributed by atoms with Gasteiger partial charge in [0.25, 0.3) is 0 Å². The highest BCUT2D eigenvalue weighted by Crippen LogP contribution is 2.17. The molecule has 0 bridgehead atoms. The minimum atomic E-state index is -3.49. The second-order valence-electron chi connectivity index (χ2n) is 6.79. The van der Waals surface area contributed by atoms with Crippen molar-refractivity contribution in [2.45, 2.75) is 51.5 Å². The third-order valence-corrected chi connectivity index (χ3v) is 5.61. The van der Waals surface area contributed by atoms with Crippen LogP contribution in [0, 0.1) is 13.8 Å². The first kappa shape index (κ1) is 20.1. The van der Waals surface area contributed by atoms with Crippen molar-refractivity contribution in [3.63, 3.8) is 0 Å². The van der Waals surface area contributed by atoms with Crippen molar-refractivity contribution in [1.82, 2.24) is 4.72 Å². The van der Waals surface area contributed by atoms with Gasteiger partial charge >= 0.3 is 0 Å². The van der Waals surface area contributed by atoms with E-state index in [1.807, 2.05) is 32.0 Å². The summed E-state index contributed by atoms with van der Waals surface area (Å²) in [6, 6.07) is 12.4. The summed E-state index contributed by atoms with van der Waals surface area (Å²) in [6.45, 7) is 7.50. The van der Waals surface area contributed by atoms with Crippen LogP contribution in [-0.4, -0.2) is 20.4 Å². The summed E-state index contributed by atoms with van der Waals surface area (Å²) in [7, 11) is -3.49. The molecule has 0 aromatic heterocycles. The lowest BCUT2D eigenvalue weighted by Crippen LogP contribution is -2.30. The van der Waals surface area contributed by atoms with Crippen LogP contribution in [0.25, 0.3) is 0 Å². The zero-order valence-electron chi connectivity index (χ0n) is 15.7. The lowest BCUT2D eigenvalue weighted by Gasteiger charge is -2.11. The SMILES string of the molecule is Cc1ccc(C)c(NC(=O)CCc2ccc(S(=O)(=O)NC(C)C)cc2)c1. The van der Waals surface area contributed by atoms with Gasteiger partial charge in [-0.3, -0.25) is 4.79 Å². The van der Waals surface area contributed by atoms with Gasteiger partial charge in [-0.2, -0.15) is 0 Å². The van der Waals surface area contributed by atoms with E-state index < -0.39 is 10.0 Å². The minimum Gasteiger partial charge on any atom is -0.326 e. The fourth-order valence-corrected chi connectivity index (χ4v) is 3.81. The summed E-state index contributed by atoms with van der Waals surface area (Å²) in [6.07, 6.45) is 0.887. The van der Waals surface area contributed by atoms with Crippen LogP contribution in [0.1, 0.15) is 37.0 Å². The van der Waals surface area contributed by atoms with E-state index >= 15 is 0 Å². The number of hydrogen-bond donors (Lipinski definition) is 2. The van der Waals surface area contributed by atoms with Crippen molar-refractivity contribution in [3.8, 4) is 0 Å². The molecule has 0 fully saturated rings. The molecule has 2 aromatic rings. The fourth-order valence-electron chi connectivity index (χ4n) is 2.55. The molecule has 0 spiro atoms. The summed E-state index contributed by atoms with van der Waals surface area (Å²) in [5, 5.41) is 2.93. The van der Waals surface area contributed by atoms with Crippen LogP contribution >= 0.6 is 0 Å². The first-order valence-corrected chi connectivity index (χ1v) is 10.1. The highest BCUT2D eigenvalue weighted by atomic mass is 32.2. The maximum atomic E-state index is 12.2. The van der Waals surface area contributed by atoms with Gasteiger partial charge in [-0.05, 0) is 69.0 Å². The molecule has 0 heterocycles. The van der Waals surface area contributed by atoms with E-state index in [9.17, 15) is 13.2 Å². The number of aryl methyl sites for hydroxylation is 3. The molecule has 26 heavy (non-hydrogen) atoms. The van der Waals surface area contributed by atoms with Crippen LogP contribution in [0.2, 0.25) is 0 Å². The van der Waals surface area contributed by atoms with Gasteiger partial charge in [-0.15, -0.1) is 0 Å². The topological polar surface area (TPSA) is 75.3 Å². The van der Waals surface area contributed by atoms with Crippen molar-refractivity contribution in [3.05, 3.63) is 59.2 Å². The van der Waals surface area contributed by atoms with Gasteiger partial charge in [0.15, 0.2) is 0 Å². The number of carbonyl (C=O) groups excluding carboxylic acids is 1. The largest absolute Gasteiger partial charge is 0.326 e. The zero-order chi connectivity index (χ0) is 19.3. The number of carbonyl (C=O) groups is 1. The average molecular weight is 375 g/mol. The molecule has 0 aliphatic carbocycles. The standard InChI is InChI=1S/C20H26N2O3S/c1-14(2)22-26(24,25)18-10-7-17(8-11-18)9-12-20(23)21-19-13-15(3)5-6-16(19)4/h5-8,10-11,13-14,22H,9,12H2,1-4H3,(H,21,23). The van der Waals surface area contributed by atoms with Crippen molar-refractivity contribution < 1.29 is 13.2 Å². The molecule has 5 nitrogen and oxygen atoms in total. The van der Waals surface area contributed by atoms with Crippen LogP contribution in [0.5, 0.6) is 0 Å². The van der Waals surface area contributed by atoms with Crippen LogP contribution in [0.4, 0.5) is 5.69 Å². The highest BCUT2D eigenvalue weighted by molar-refractivity contribution is 7.89.